The van der Waals surface area contributed by atoms with Crippen LogP contribution >= 0.6 is 0 Å². The Kier molecular flexibility index (Phi) is 8.02. The number of likely N-dealkylation sites (N-methyl/N-ethyl adjacent to an activating group) is 1. The normalized spacial score (nSPS) is 11.8. The van der Waals surface area contributed by atoms with Crippen LogP contribution in [0.3, 0.4) is 0 Å². The van der Waals surface area contributed by atoms with E-state index in [1.807, 2.05) is 38.1 Å². The molecule has 0 spiro atoms. The van der Waals surface area contributed by atoms with Gasteiger partial charge < -0.3 is 15.4 Å². The molecule has 0 aliphatic carbocycles. The van der Waals surface area contributed by atoms with Crippen LogP contribution in [0.2, 0.25) is 0 Å². The Bertz CT molecular complexity index is 807. The number of hydrogen-bond donors (Lipinski definition) is 2. The van der Waals surface area contributed by atoms with E-state index < -0.39 is 0 Å². The van der Waals surface area contributed by atoms with Gasteiger partial charge in [0, 0.05) is 23.8 Å². The van der Waals surface area contributed by atoms with Gasteiger partial charge in [0.1, 0.15) is 5.75 Å². The molecular formula is C22H29N3O3. The van der Waals surface area contributed by atoms with Crippen molar-refractivity contribution < 1.29 is 14.3 Å². The molecule has 0 aliphatic heterocycles. The fourth-order valence-electron chi connectivity index (χ4n) is 3.02. The molecule has 0 saturated heterocycles. The maximum atomic E-state index is 12.6. The molecule has 0 saturated carbocycles. The van der Waals surface area contributed by atoms with Crippen molar-refractivity contribution in [2.75, 3.05) is 32.1 Å². The summed E-state index contributed by atoms with van der Waals surface area (Å²) in [6.45, 7) is 7.50. The third-order valence-corrected chi connectivity index (χ3v) is 4.62. The number of nitrogens with one attached hydrogen (secondary N) is 2. The number of anilines is 1. The van der Waals surface area contributed by atoms with E-state index in [1.54, 1.807) is 31.4 Å². The zero-order valence-corrected chi connectivity index (χ0v) is 17.0. The molecule has 2 amide bonds. The van der Waals surface area contributed by atoms with Crippen LogP contribution in [0.25, 0.3) is 0 Å². The van der Waals surface area contributed by atoms with E-state index in [4.69, 9.17) is 4.74 Å². The summed E-state index contributed by atoms with van der Waals surface area (Å²) in [7, 11) is 1.64. The molecule has 0 bridgehead atoms. The Labute approximate surface area is 166 Å². The minimum absolute atomic E-state index is 0.0625. The van der Waals surface area contributed by atoms with Crippen LogP contribution in [0.1, 0.15) is 42.7 Å². The van der Waals surface area contributed by atoms with E-state index in [2.05, 4.69) is 22.5 Å². The average molecular weight is 383 g/mol. The van der Waals surface area contributed by atoms with E-state index in [0.717, 1.165) is 17.9 Å². The molecule has 0 radical (unpaired) electrons. The van der Waals surface area contributed by atoms with Crippen LogP contribution in [0, 0.1) is 0 Å². The molecule has 2 aromatic rings. The Morgan fingerprint density at radius 3 is 2.54 bits per heavy atom. The van der Waals surface area contributed by atoms with Crippen LogP contribution in [-0.2, 0) is 4.79 Å². The van der Waals surface area contributed by atoms with Gasteiger partial charge in [0.15, 0.2) is 0 Å². The zero-order chi connectivity index (χ0) is 20.5. The standard InChI is InChI=1S/C22H29N3O3/c1-5-23-22(27)18-10-7-11-19(13-18)24-21(26)15-25(6-2)16(3)17-9-8-12-20(14-17)28-4/h7-14,16H,5-6,15H2,1-4H3,(H,23,27)(H,24,26). The summed E-state index contributed by atoms with van der Waals surface area (Å²) in [6, 6.07) is 14.9. The Morgan fingerprint density at radius 1 is 1.11 bits per heavy atom. The molecule has 1 unspecified atom stereocenters. The summed E-state index contributed by atoms with van der Waals surface area (Å²) >= 11 is 0. The first-order valence-corrected chi connectivity index (χ1v) is 9.54. The molecule has 0 aliphatic rings. The lowest BCUT2D eigenvalue weighted by Gasteiger charge is -2.27. The second-order valence-electron chi connectivity index (χ2n) is 6.50. The van der Waals surface area contributed by atoms with Crippen molar-refractivity contribution in [2.45, 2.75) is 26.8 Å². The van der Waals surface area contributed by atoms with E-state index in [1.165, 1.54) is 0 Å². The van der Waals surface area contributed by atoms with Gasteiger partial charge >= 0.3 is 0 Å². The topological polar surface area (TPSA) is 70.7 Å². The molecule has 6 nitrogen and oxygen atoms in total. The summed E-state index contributed by atoms with van der Waals surface area (Å²) in [5, 5.41) is 5.64. The lowest BCUT2D eigenvalue weighted by Crippen LogP contribution is -2.35. The van der Waals surface area contributed by atoms with Gasteiger partial charge in [-0.15, -0.1) is 0 Å². The van der Waals surface area contributed by atoms with Crippen LogP contribution in [0.5, 0.6) is 5.75 Å². The summed E-state index contributed by atoms with van der Waals surface area (Å²) in [6.07, 6.45) is 0. The first-order valence-electron chi connectivity index (χ1n) is 9.54. The fourth-order valence-corrected chi connectivity index (χ4v) is 3.02. The minimum Gasteiger partial charge on any atom is -0.497 e. The SMILES string of the molecule is CCNC(=O)c1cccc(NC(=O)CN(CC)C(C)c2cccc(OC)c2)c1. The van der Waals surface area contributed by atoms with Crippen LogP contribution in [0.4, 0.5) is 5.69 Å². The Morgan fingerprint density at radius 2 is 1.86 bits per heavy atom. The third kappa shape index (κ3) is 5.82. The van der Waals surface area contributed by atoms with Gasteiger partial charge in [0.2, 0.25) is 5.91 Å². The second-order valence-corrected chi connectivity index (χ2v) is 6.50. The number of hydrogen-bond acceptors (Lipinski definition) is 4. The summed E-state index contributed by atoms with van der Waals surface area (Å²) in [5.74, 6) is 0.525. The molecule has 150 valence electrons. The number of carbonyl (C=O) groups is 2. The molecule has 2 aromatic carbocycles. The third-order valence-electron chi connectivity index (χ3n) is 4.62. The smallest absolute Gasteiger partial charge is 0.251 e. The molecular weight excluding hydrogens is 354 g/mol. The maximum Gasteiger partial charge on any atom is 0.251 e. The van der Waals surface area contributed by atoms with E-state index in [9.17, 15) is 9.59 Å². The average Bonchev–Trinajstić information content (AvgIpc) is 2.72. The minimum atomic E-state index is -0.152. The fraction of sp³-hybridized carbons (Fsp3) is 0.364. The number of nitrogens with zero attached hydrogens (tertiary/aromatic N) is 1. The van der Waals surface area contributed by atoms with Crippen LogP contribution < -0.4 is 15.4 Å². The Balaban J connectivity index is 2.04. The summed E-state index contributed by atoms with van der Waals surface area (Å²) < 4.78 is 5.30. The Hall–Kier alpha value is -2.86. The number of rotatable bonds is 9. The van der Waals surface area contributed by atoms with Gasteiger partial charge in [-0.3, -0.25) is 14.5 Å². The molecule has 0 heterocycles. The predicted molar refractivity (Wildman–Crippen MR) is 112 cm³/mol. The van der Waals surface area contributed by atoms with Crippen molar-refractivity contribution in [1.82, 2.24) is 10.2 Å². The van der Waals surface area contributed by atoms with Gasteiger partial charge in [0.25, 0.3) is 5.91 Å². The van der Waals surface area contributed by atoms with Gasteiger partial charge in [-0.2, -0.15) is 0 Å². The highest BCUT2D eigenvalue weighted by atomic mass is 16.5. The molecule has 2 rings (SSSR count). The quantitative estimate of drug-likeness (QED) is 0.696. The highest BCUT2D eigenvalue weighted by Gasteiger charge is 2.18. The number of carbonyl (C=O) groups excluding carboxylic acids is 2. The highest BCUT2D eigenvalue weighted by Crippen LogP contribution is 2.23. The molecule has 1 atom stereocenters. The summed E-state index contributed by atoms with van der Waals surface area (Å²) in [5.41, 5.74) is 2.22. The lowest BCUT2D eigenvalue weighted by molar-refractivity contribution is -0.117. The first-order chi connectivity index (χ1) is 13.5. The van der Waals surface area contributed by atoms with Crippen molar-refractivity contribution in [2.24, 2.45) is 0 Å². The number of ether oxygens (including phenoxy) is 1. The van der Waals surface area contributed by atoms with Crippen LogP contribution in [0.15, 0.2) is 48.5 Å². The van der Waals surface area contributed by atoms with Gasteiger partial charge in [-0.1, -0.05) is 25.1 Å². The van der Waals surface area contributed by atoms with Gasteiger partial charge in [-0.05, 0) is 56.3 Å². The summed E-state index contributed by atoms with van der Waals surface area (Å²) in [4.78, 5) is 26.6. The molecule has 2 N–H and O–H groups in total. The van der Waals surface area contributed by atoms with Crippen LogP contribution in [-0.4, -0.2) is 43.5 Å². The van der Waals surface area contributed by atoms with Crippen molar-refractivity contribution in [3.63, 3.8) is 0 Å². The lowest BCUT2D eigenvalue weighted by atomic mass is 10.1. The maximum absolute atomic E-state index is 12.6. The molecule has 0 aromatic heterocycles. The van der Waals surface area contributed by atoms with E-state index in [-0.39, 0.29) is 24.4 Å². The molecule has 0 fully saturated rings. The number of benzene rings is 2. The highest BCUT2D eigenvalue weighted by molar-refractivity contribution is 5.97. The number of amides is 2. The second kappa shape index (κ2) is 10.5. The van der Waals surface area contributed by atoms with Gasteiger partial charge in [0.05, 0.1) is 13.7 Å². The monoisotopic (exact) mass is 383 g/mol. The van der Waals surface area contributed by atoms with E-state index >= 15 is 0 Å². The molecule has 28 heavy (non-hydrogen) atoms. The number of methoxy groups -OCH3 is 1. The van der Waals surface area contributed by atoms with Crippen molar-refractivity contribution in [1.29, 1.82) is 0 Å². The van der Waals surface area contributed by atoms with Crippen molar-refractivity contribution in [3.8, 4) is 5.75 Å². The van der Waals surface area contributed by atoms with Crippen molar-refractivity contribution in [3.05, 3.63) is 59.7 Å². The van der Waals surface area contributed by atoms with Crippen molar-refractivity contribution >= 4 is 17.5 Å². The van der Waals surface area contributed by atoms with E-state index in [0.29, 0.717) is 17.8 Å². The van der Waals surface area contributed by atoms with Gasteiger partial charge in [-0.25, -0.2) is 0 Å². The first kappa shape index (κ1) is 21.4. The molecule has 6 heteroatoms. The predicted octanol–water partition coefficient (Wildman–Crippen LogP) is 3.47. The largest absolute Gasteiger partial charge is 0.497 e. The zero-order valence-electron chi connectivity index (χ0n) is 17.0.